The fourth-order valence-corrected chi connectivity index (χ4v) is 4.18. The largest absolute Gasteiger partial charge is 0.492 e. The van der Waals surface area contributed by atoms with E-state index < -0.39 is 0 Å². The summed E-state index contributed by atoms with van der Waals surface area (Å²) >= 11 is 12.4. The van der Waals surface area contributed by atoms with Gasteiger partial charge in [0.2, 0.25) is 0 Å². The van der Waals surface area contributed by atoms with E-state index in [2.05, 4.69) is 12.2 Å². The van der Waals surface area contributed by atoms with Gasteiger partial charge in [-0.25, -0.2) is 0 Å². The highest BCUT2D eigenvalue weighted by atomic mass is 35.5. The molecule has 0 amide bonds. The topological polar surface area (TPSA) is 21.3 Å². The predicted octanol–water partition coefficient (Wildman–Crippen LogP) is 5.38. The minimum absolute atomic E-state index is 0.313. The zero-order chi connectivity index (χ0) is 14.8. The van der Waals surface area contributed by atoms with Gasteiger partial charge in [-0.1, -0.05) is 36.5 Å². The van der Waals surface area contributed by atoms with Gasteiger partial charge < -0.3 is 10.1 Å². The molecule has 2 nitrogen and oxygen atoms in total. The molecule has 21 heavy (non-hydrogen) atoms. The molecule has 1 atom stereocenters. The van der Waals surface area contributed by atoms with Crippen LogP contribution in [0.5, 0.6) is 5.75 Å². The van der Waals surface area contributed by atoms with Crippen LogP contribution in [-0.4, -0.2) is 12.6 Å². The van der Waals surface area contributed by atoms with Crippen LogP contribution in [0.2, 0.25) is 10.0 Å². The van der Waals surface area contributed by atoms with Crippen LogP contribution in [0.4, 0.5) is 0 Å². The van der Waals surface area contributed by atoms with Gasteiger partial charge in [0.05, 0.1) is 11.6 Å². The molecule has 1 aromatic rings. The zero-order valence-electron chi connectivity index (χ0n) is 12.5. The summed E-state index contributed by atoms with van der Waals surface area (Å²) in [6.45, 7) is 3.02. The van der Waals surface area contributed by atoms with Crippen LogP contribution in [-0.2, 0) is 0 Å². The Hall–Kier alpha value is -0.440. The number of hydrogen-bond acceptors (Lipinski definition) is 2. The molecule has 0 bridgehead atoms. The van der Waals surface area contributed by atoms with Crippen LogP contribution in [0.1, 0.15) is 57.1 Å². The Morgan fingerprint density at radius 3 is 2.62 bits per heavy atom. The highest BCUT2D eigenvalue weighted by molar-refractivity contribution is 6.35. The van der Waals surface area contributed by atoms with Gasteiger partial charge in [0.25, 0.3) is 0 Å². The van der Waals surface area contributed by atoms with Gasteiger partial charge in [-0.05, 0) is 43.7 Å². The summed E-state index contributed by atoms with van der Waals surface area (Å²) < 4.78 is 5.73. The summed E-state index contributed by atoms with van der Waals surface area (Å²) in [6, 6.07) is 4.68. The van der Waals surface area contributed by atoms with Gasteiger partial charge >= 0.3 is 0 Å². The molecule has 2 aliphatic rings. The van der Waals surface area contributed by atoms with E-state index in [1.807, 2.05) is 6.07 Å². The second-order valence-corrected chi connectivity index (χ2v) is 7.13. The maximum atomic E-state index is 6.26. The van der Waals surface area contributed by atoms with Gasteiger partial charge in [-0.3, -0.25) is 0 Å². The van der Waals surface area contributed by atoms with Crippen molar-refractivity contribution in [2.24, 2.45) is 5.92 Å². The quantitative estimate of drug-likeness (QED) is 0.805. The van der Waals surface area contributed by atoms with E-state index in [0.29, 0.717) is 22.1 Å². The van der Waals surface area contributed by atoms with Gasteiger partial charge in [-0.2, -0.15) is 0 Å². The Morgan fingerprint density at radius 2 is 1.90 bits per heavy atom. The Bertz CT molecular complexity index is 498. The minimum Gasteiger partial charge on any atom is -0.492 e. The molecule has 1 N–H and O–H groups in total. The number of benzene rings is 1. The van der Waals surface area contributed by atoms with E-state index in [4.69, 9.17) is 27.9 Å². The molecule has 1 aliphatic carbocycles. The SMILES string of the molecule is CCC1CCC(NC2CCOc3c(Cl)cc(Cl)cc32)CC1. The molecule has 4 heteroatoms. The second kappa shape index (κ2) is 6.76. The fourth-order valence-electron chi connectivity index (χ4n) is 3.62. The Balaban J connectivity index is 1.71. The van der Waals surface area contributed by atoms with Crippen molar-refractivity contribution in [3.05, 3.63) is 27.7 Å². The van der Waals surface area contributed by atoms with Gasteiger partial charge in [0.15, 0.2) is 0 Å². The Labute approximate surface area is 137 Å². The lowest BCUT2D eigenvalue weighted by Gasteiger charge is -2.34. The second-order valence-electron chi connectivity index (χ2n) is 6.29. The van der Waals surface area contributed by atoms with Gasteiger partial charge in [0.1, 0.15) is 5.75 Å². The average molecular weight is 328 g/mol. The van der Waals surface area contributed by atoms with Crippen molar-refractivity contribution in [3.8, 4) is 5.75 Å². The van der Waals surface area contributed by atoms with E-state index in [9.17, 15) is 0 Å². The fraction of sp³-hybridized carbons (Fsp3) is 0.647. The molecule has 0 spiro atoms. The summed E-state index contributed by atoms with van der Waals surface area (Å²) in [5, 5.41) is 5.13. The first-order valence-corrected chi connectivity index (χ1v) is 8.80. The van der Waals surface area contributed by atoms with Crippen LogP contribution < -0.4 is 10.1 Å². The van der Waals surface area contributed by atoms with Gasteiger partial charge in [0, 0.05) is 29.1 Å². The van der Waals surface area contributed by atoms with E-state index in [-0.39, 0.29) is 0 Å². The molecule has 1 fully saturated rings. The summed E-state index contributed by atoms with van der Waals surface area (Å²) in [6.07, 6.45) is 7.55. The third-order valence-electron chi connectivity index (χ3n) is 4.93. The number of rotatable bonds is 3. The van der Waals surface area contributed by atoms with Crippen molar-refractivity contribution in [1.29, 1.82) is 0 Å². The van der Waals surface area contributed by atoms with Crippen LogP contribution in [0.3, 0.4) is 0 Å². The third kappa shape index (κ3) is 3.49. The summed E-state index contributed by atoms with van der Waals surface area (Å²) in [5.74, 6) is 1.74. The van der Waals surface area contributed by atoms with Crippen LogP contribution in [0.15, 0.2) is 12.1 Å². The van der Waals surface area contributed by atoms with Crippen molar-refractivity contribution < 1.29 is 4.74 Å². The molecule has 1 saturated carbocycles. The number of ether oxygens (including phenoxy) is 1. The van der Waals surface area contributed by atoms with Crippen LogP contribution in [0, 0.1) is 5.92 Å². The molecule has 116 valence electrons. The molecule has 3 rings (SSSR count). The summed E-state index contributed by atoms with van der Waals surface area (Å²) in [7, 11) is 0. The standard InChI is InChI=1S/C17H23Cl2NO/c1-2-11-3-5-13(6-4-11)20-16-7-8-21-17-14(16)9-12(18)10-15(17)19/h9-11,13,16,20H,2-8H2,1H3. The highest BCUT2D eigenvalue weighted by Gasteiger charge is 2.28. The van der Waals surface area contributed by atoms with E-state index in [1.165, 1.54) is 32.1 Å². The lowest BCUT2D eigenvalue weighted by Crippen LogP contribution is -2.38. The van der Waals surface area contributed by atoms with E-state index >= 15 is 0 Å². The first-order chi connectivity index (χ1) is 10.2. The van der Waals surface area contributed by atoms with Crippen LogP contribution >= 0.6 is 23.2 Å². The normalized spacial score (nSPS) is 28.8. The summed E-state index contributed by atoms with van der Waals surface area (Å²) in [5.41, 5.74) is 1.12. The zero-order valence-corrected chi connectivity index (χ0v) is 14.0. The van der Waals surface area contributed by atoms with E-state index in [1.54, 1.807) is 6.07 Å². The minimum atomic E-state index is 0.313. The maximum Gasteiger partial charge on any atom is 0.142 e. The van der Waals surface area contributed by atoms with Crippen molar-refractivity contribution in [1.82, 2.24) is 5.32 Å². The maximum absolute atomic E-state index is 6.26. The Morgan fingerprint density at radius 1 is 1.14 bits per heavy atom. The molecule has 1 aliphatic heterocycles. The Kier molecular flexibility index (Phi) is 4.98. The molecular formula is C17H23Cl2NO. The summed E-state index contributed by atoms with van der Waals surface area (Å²) in [4.78, 5) is 0. The third-order valence-corrected chi connectivity index (χ3v) is 5.43. The number of nitrogens with one attached hydrogen (secondary N) is 1. The number of halogens is 2. The highest BCUT2D eigenvalue weighted by Crippen LogP contribution is 2.40. The smallest absolute Gasteiger partial charge is 0.142 e. The van der Waals surface area contributed by atoms with E-state index in [0.717, 1.165) is 30.3 Å². The molecule has 0 radical (unpaired) electrons. The number of fused-ring (bicyclic) bond motifs is 1. The molecule has 1 unspecified atom stereocenters. The van der Waals surface area contributed by atoms with Crippen molar-refractivity contribution in [3.63, 3.8) is 0 Å². The molecular weight excluding hydrogens is 305 g/mol. The average Bonchev–Trinajstić information content (AvgIpc) is 2.49. The molecule has 1 aromatic carbocycles. The van der Waals surface area contributed by atoms with Crippen molar-refractivity contribution in [2.45, 2.75) is 57.5 Å². The first-order valence-electron chi connectivity index (χ1n) is 8.05. The molecule has 0 aromatic heterocycles. The lowest BCUT2D eigenvalue weighted by atomic mass is 9.84. The lowest BCUT2D eigenvalue weighted by molar-refractivity contribution is 0.219. The van der Waals surface area contributed by atoms with Crippen molar-refractivity contribution in [2.75, 3.05) is 6.61 Å². The number of hydrogen-bond donors (Lipinski definition) is 1. The first kappa shape index (κ1) is 15.5. The van der Waals surface area contributed by atoms with Crippen molar-refractivity contribution >= 4 is 23.2 Å². The monoisotopic (exact) mass is 327 g/mol. The molecule has 0 saturated heterocycles. The van der Waals surface area contributed by atoms with Crippen LogP contribution in [0.25, 0.3) is 0 Å². The van der Waals surface area contributed by atoms with Gasteiger partial charge in [-0.15, -0.1) is 0 Å². The molecule has 1 heterocycles. The predicted molar refractivity (Wildman–Crippen MR) is 88.5 cm³/mol.